The summed E-state index contributed by atoms with van der Waals surface area (Å²) in [6.45, 7) is 4.05. The van der Waals surface area contributed by atoms with Crippen LogP contribution < -0.4 is 5.73 Å². The van der Waals surface area contributed by atoms with Crippen LogP contribution in [0, 0.1) is 13.8 Å². The molecule has 4 nitrogen and oxygen atoms in total. The molecule has 0 aliphatic heterocycles. The fourth-order valence-corrected chi connectivity index (χ4v) is 2.18. The van der Waals surface area contributed by atoms with Crippen LogP contribution in [0.15, 0.2) is 48.8 Å². The standard InChI is InChI=1S/C17H16N4/c1-11-3-5-13(6-4-11)14-8-15(17(18)19-10-14)16-7-12(2)9-20-21-16/h3-10H,1-2H3,(H2,18,19). The van der Waals surface area contributed by atoms with Gasteiger partial charge in [0.2, 0.25) is 0 Å². The molecule has 0 radical (unpaired) electrons. The first-order valence-electron chi connectivity index (χ1n) is 6.76. The molecular weight excluding hydrogens is 260 g/mol. The van der Waals surface area contributed by atoms with E-state index in [1.54, 1.807) is 12.4 Å². The van der Waals surface area contributed by atoms with Gasteiger partial charge in [0.05, 0.1) is 11.9 Å². The Hall–Kier alpha value is -2.75. The number of hydrogen-bond acceptors (Lipinski definition) is 4. The summed E-state index contributed by atoms with van der Waals surface area (Å²) in [4.78, 5) is 4.29. The molecule has 0 amide bonds. The molecule has 0 spiro atoms. The first-order chi connectivity index (χ1) is 10.1. The average Bonchev–Trinajstić information content (AvgIpc) is 2.49. The van der Waals surface area contributed by atoms with Crippen LogP contribution in [0.4, 0.5) is 5.82 Å². The molecule has 21 heavy (non-hydrogen) atoms. The average molecular weight is 276 g/mol. The Kier molecular flexibility index (Phi) is 3.36. The molecule has 2 heterocycles. The summed E-state index contributed by atoms with van der Waals surface area (Å²) in [5.74, 6) is 0.464. The predicted octanol–water partition coefficient (Wildman–Crippen LogP) is 3.40. The summed E-state index contributed by atoms with van der Waals surface area (Å²) in [6.07, 6.45) is 3.50. The monoisotopic (exact) mass is 276 g/mol. The van der Waals surface area contributed by atoms with Crippen molar-refractivity contribution in [3.63, 3.8) is 0 Å². The summed E-state index contributed by atoms with van der Waals surface area (Å²) in [5.41, 5.74) is 11.9. The molecule has 4 heteroatoms. The molecule has 0 saturated heterocycles. The van der Waals surface area contributed by atoms with Gasteiger partial charge in [-0.25, -0.2) is 4.98 Å². The summed E-state index contributed by atoms with van der Waals surface area (Å²) in [5, 5.41) is 8.13. The molecule has 104 valence electrons. The SMILES string of the molecule is Cc1ccc(-c2cnc(N)c(-c3cc(C)cnn3)c2)cc1. The van der Waals surface area contributed by atoms with Gasteiger partial charge in [-0.05, 0) is 37.1 Å². The minimum atomic E-state index is 0.464. The minimum absolute atomic E-state index is 0.464. The smallest absolute Gasteiger partial charge is 0.132 e. The Morgan fingerprint density at radius 3 is 2.33 bits per heavy atom. The van der Waals surface area contributed by atoms with Crippen LogP contribution >= 0.6 is 0 Å². The Labute approximate surface area is 123 Å². The van der Waals surface area contributed by atoms with Crippen molar-refractivity contribution in [1.82, 2.24) is 15.2 Å². The quantitative estimate of drug-likeness (QED) is 0.779. The second-order valence-corrected chi connectivity index (χ2v) is 5.14. The Bertz CT molecular complexity index is 779. The first kappa shape index (κ1) is 13.2. The third-order valence-electron chi connectivity index (χ3n) is 3.37. The van der Waals surface area contributed by atoms with Crippen molar-refractivity contribution in [2.75, 3.05) is 5.73 Å². The number of aromatic nitrogens is 3. The van der Waals surface area contributed by atoms with Gasteiger partial charge in [0.15, 0.2) is 0 Å². The van der Waals surface area contributed by atoms with Crippen LogP contribution in [0.1, 0.15) is 11.1 Å². The van der Waals surface area contributed by atoms with Crippen molar-refractivity contribution in [1.29, 1.82) is 0 Å². The van der Waals surface area contributed by atoms with Crippen LogP contribution in [0.25, 0.3) is 22.4 Å². The number of rotatable bonds is 2. The van der Waals surface area contributed by atoms with E-state index in [-0.39, 0.29) is 0 Å². The van der Waals surface area contributed by atoms with Crippen LogP contribution in [-0.2, 0) is 0 Å². The van der Waals surface area contributed by atoms with Gasteiger partial charge in [-0.15, -0.1) is 0 Å². The van der Waals surface area contributed by atoms with E-state index in [1.165, 1.54) is 5.56 Å². The second kappa shape index (κ2) is 5.32. The van der Waals surface area contributed by atoms with Crippen LogP contribution in [0.5, 0.6) is 0 Å². The molecule has 0 aliphatic carbocycles. The molecular formula is C17H16N4. The van der Waals surface area contributed by atoms with E-state index >= 15 is 0 Å². The van der Waals surface area contributed by atoms with Crippen molar-refractivity contribution < 1.29 is 0 Å². The van der Waals surface area contributed by atoms with Gasteiger partial charge >= 0.3 is 0 Å². The Balaban J connectivity index is 2.10. The number of hydrogen-bond donors (Lipinski definition) is 1. The molecule has 0 aliphatic rings. The highest BCUT2D eigenvalue weighted by molar-refractivity contribution is 5.77. The Morgan fingerprint density at radius 1 is 0.857 bits per heavy atom. The van der Waals surface area contributed by atoms with Crippen LogP contribution in [0.3, 0.4) is 0 Å². The van der Waals surface area contributed by atoms with E-state index < -0.39 is 0 Å². The molecule has 0 bridgehead atoms. The molecule has 2 N–H and O–H groups in total. The molecule has 0 atom stereocenters. The maximum atomic E-state index is 5.99. The normalized spacial score (nSPS) is 10.6. The van der Waals surface area contributed by atoms with E-state index in [1.807, 2.05) is 19.1 Å². The van der Waals surface area contributed by atoms with E-state index in [0.717, 1.165) is 27.9 Å². The lowest BCUT2D eigenvalue weighted by molar-refractivity contribution is 1.02. The van der Waals surface area contributed by atoms with Crippen molar-refractivity contribution >= 4 is 5.82 Å². The molecule has 1 aromatic carbocycles. The maximum Gasteiger partial charge on any atom is 0.132 e. The summed E-state index contributed by atoms with van der Waals surface area (Å²) in [7, 11) is 0. The second-order valence-electron chi connectivity index (χ2n) is 5.14. The van der Waals surface area contributed by atoms with Crippen LogP contribution in [-0.4, -0.2) is 15.2 Å². The summed E-state index contributed by atoms with van der Waals surface area (Å²) in [6, 6.07) is 12.3. The van der Waals surface area contributed by atoms with Gasteiger partial charge < -0.3 is 5.73 Å². The predicted molar refractivity (Wildman–Crippen MR) is 84.6 cm³/mol. The highest BCUT2D eigenvalue weighted by atomic mass is 15.1. The lowest BCUT2D eigenvalue weighted by Gasteiger charge is -2.08. The van der Waals surface area contributed by atoms with Crippen molar-refractivity contribution in [2.24, 2.45) is 0 Å². The number of aryl methyl sites for hydroxylation is 2. The summed E-state index contributed by atoms with van der Waals surface area (Å²) < 4.78 is 0. The largest absolute Gasteiger partial charge is 0.383 e. The van der Waals surface area contributed by atoms with Crippen LogP contribution in [0.2, 0.25) is 0 Å². The minimum Gasteiger partial charge on any atom is -0.383 e. The number of anilines is 1. The Morgan fingerprint density at radius 2 is 1.62 bits per heavy atom. The topological polar surface area (TPSA) is 64.7 Å². The van der Waals surface area contributed by atoms with Gasteiger partial charge in [-0.1, -0.05) is 29.8 Å². The molecule has 2 aromatic heterocycles. The third kappa shape index (κ3) is 2.74. The fraction of sp³-hybridized carbons (Fsp3) is 0.118. The van der Waals surface area contributed by atoms with Gasteiger partial charge in [0.25, 0.3) is 0 Å². The zero-order chi connectivity index (χ0) is 14.8. The van der Waals surface area contributed by atoms with E-state index in [2.05, 4.69) is 46.4 Å². The maximum absolute atomic E-state index is 5.99. The van der Waals surface area contributed by atoms with Crippen molar-refractivity contribution in [3.05, 3.63) is 59.9 Å². The van der Waals surface area contributed by atoms with Crippen molar-refractivity contribution in [3.8, 4) is 22.4 Å². The highest BCUT2D eigenvalue weighted by Crippen LogP contribution is 2.28. The van der Waals surface area contributed by atoms with Gasteiger partial charge in [-0.2, -0.15) is 10.2 Å². The zero-order valence-corrected chi connectivity index (χ0v) is 12.0. The molecule has 3 rings (SSSR count). The number of nitrogens with two attached hydrogens (primary N) is 1. The number of nitrogen functional groups attached to an aromatic ring is 1. The molecule has 0 fully saturated rings. The molecule has 3 aromatic rings. The lowest BCUT2D eigenvalue weighted by atomic mass is 10.0. The third-order valence-corrected chi connectivity index (χ3v) is 3.37. The first-order valence-corrected chi connectivity index (χ1v) is 6.76. The van der Waals surface area contributed by atoms with Crippen molar-refractivity contribution in [2.45, 2.75) is 13.8 Å². The number of pyridine rings is 1. The van der Waals surface area contributed by atoms with Gasteiger partial charge in [0.1, 0.15) is 5.82 Å². The summed E-state index contributed by atoms with van der Waals surface area (Å²) >= 11 is 0. The number of benzene rings is 1. The van der Waals surface area contributed by atoms with E-state index in [0.29, 0.717) is 5.82 Å². The van der Waals surface area contributed by atoms with Gasteiger partial charge in [-0.3, -0.25) is 0 Å². The number of nitrogens with zero attached hydrogens (tertiary/aromatic N) is 3. The lowest BCUT2D eigenvalue weighted by Crippen LogP contribution is -1.97. The fourth-order valence-electron chi connectivity index (χ4n) is 2.18. The van der Waals surface area contributed by atoms with Gasteiger partial charge in [0, 0.05) is 17.3 Å². The zero-order valence-electron chi connectivity index (χ0n) is 12.0. The molecule has 0 unspecified atom stereocenters. The van der Waals surface area contributed by atoms with E-state index in [9.17, 15) is 0 Å². The molecule has 0 saturated carbocycles. The highest BCUT2D eigenvalue weighted by Gasteiger charge is 2.09. The van der Waals surface area contributed by atoms with E-state index in [4.69, 9.17) is 5.73 Å².